The Labute approximate surface area is 158 Å². The molecule has 0 unspecified atom stereocenters. The van der Waals surface area contributed by atoms with E-state index in [0.717, 1.165) is 16.8 Å². The molecule has 7 heteroatoms. The van der Waals surface area contributed by atoms with Gasteiger partial charge in [-0.25, -0.2) is 0 Å². The Bertz CT molecular complexity index is 1030. The lowest BCUT2D eigenvalue weighted by Gasteiger charge is -2.05. The highest BCUT2D eigenvalue weighted by atomic mass is 35.5. The third kappa shape index (κ3) is 3.14. The number of allylic oxidation sites excluding steroid dienone is 1. The van der Waals surface area contributed by atoms with Crippen molar-refractivity contribution >= 4 is 68.9 Å². The van der Waals surface area contributed by atoms with Crippen molar-refractivity contribution in [2.75, 3.05) is 5.32 Å². The van der Waals surface area contributed by atoms with E-state index in [1.807, 2.05) is 30.3 Å². The molecule has 3 aromatic rings. The van der Waals surface area contributed by atoms with Crippen LogP contribution in [0.2, 0.25) is 10.0 Å². The first kappa shape index (κ1) is 16.1. The molecule has 4 nitrogen and oxygen atoms in total. The lowest BCUT2D eigenvalue weighted by atomic mass is 10.1. The molecule has 124 valence electrons. The number of hydrogen-bond donors (Lipinski definition) is 2. The van der Waals surface area contributed by atoms with E-state index in [0.29, 0.717) is 25.7 Å². The summed E-state index contributed by atoms with van der Waals surface area (Å²) in [5.74, 6) is -0.0454. The van der Waals surface area contributed by atoms with Crippen molar-refractivity contribution in [3.05, 3.63) is 63.0 Å². The van der Waals surface area contributed by atoms with Gasteiger partial charge in [-0.05, 0) is 24.3 Å². The number of nitrogens with one attached hydrogen (secondary N) is 1. The van der Waals surface area contributed by atoms with Gasteiger partial charge in [0.1, 0.15) is 0 Å². The number of aromatic nitrogens is 1. The fraction of sp³-hybridized carbons (Fsp3) is 0. The summed E-state index contributed by atoms with van der Waals surface area (Å²) in [5.41, 5.74) is 3.52. The Hall–Kier alpha value is -2.34. The zero-order valence-electron chi connectivity index (χ0n) is 12.7. The van der Waals surface area contributed by atoms with Gasteiger partial charge in [-0.3, -0.25) is 4.99 Å². The number of para-hydroxylation sites is 1. The molecule has 0 fully saturated rings. The maximum atomic E-state index is 10.2. The second-order valence-electron chi connectivity index (χ2n) is 5.31. The molecule has 0 saturated carbocycles. The molecule has 0 atom stereocenters. The van der Waals surface area contributed by atoms with E-state index in [-0.39, 0.29) is 5.88 Å². The summed E-state index contributed by atoms with van der Waals surface area (Å²) in [6.45, 7) is 0. The summed E-state index contributed by atoms with van der Waals surface area (Å²) in [4.78, 5) is 9.15. The number of aliphatic imine (C=N–C) groups is 1. The molecule has 0 spiro atoms. The minimum atomic E-state index is -0.0454. The quantitative estimate of drug-likeness (QED) is 0.565. The molecular weight excluding hydrogens is 377 g/mol. The average molecular weight is 388 g/mol. The van der Waals surface area contributed by atoms with Crippen LogP contribution >= 0.6 is 34.5 Å². The van der Waals surface area contributed by atoms with Crippen LogP contribution in [0.25, 0.3) is 11.6 Å². The zero-order chi connectivity index (χ0) is 17.4. The van der Waals surface area contributed by atoms with E-state index in [9.17, 15) is 5.11 Å². The monoisotopic (exact) mass is 387 g/mol. The van der Waals surface area contributed by atoms with Crippen molar-refractivity contribution < 1.29 is 5.11 Å². The number of thiazole rings is 1. The van der Waals surface area contributed by atoms with Gasteiger partial charge in [0.15, 0.2) is 5.13 Å². The van der Waals surface area contributed by atoms with E-state index < -0.39 is 0 Å². The minimum absolute atomic E-state index is 0.0454. The topological polar surface area (TPSA) is 57.5 Å². The van der Waals surface area contributed by atoms with Crippen molar-refractivity contribution in [3.63, 3.8) is 0 Å². The first-order valence-electron chi connectivity index (χ1n) is 7.38. The highest BCUT2D eigenvalue weighted by molar-refractivity contribution is 7.16. The van der Waals surface area contributed by atoms with Gasteiger partial charge in [0.05, 0.1) is 26.3 Å². The van der Waals surface area contributed by atoms with Crippen molar-refractivity contribution in [2.45, 2.75) is 0 Å². The lowest BCUT2D eigenvalue weighted by Crippen LogP contribution is -1.90. The first-order valence-corrected chi connectivity index (χ1v) is 8.95. The van der Waals surface area contributed by atoms with E-state index in [1.165, 1.54) is 11.3 Å². The summed E-state index contributed by atoms with van der Waals surface area (Å²) in [7, 11) is 0. The van der Waals surface area contributed by atoms with Gasteiger partial charge in [-0.1, -0.05) is 58.8 Å². The van der Waals surface area contributed by atoms with Crippen LogP contribution in [0.1, 0.15) is 10.4 Å². The maximum Gasteiger partial charge on any atom is 0.231 e. The fourth-order valence-corrected chi connectivity index (χ4v) is 3.65. The van der Waals surface area contributed by atoms with Crippen molar-refractivity contribution in [3.8, 4) is 5.88 Å². The van der Waals surface area contributed by atoms with Gasteiger partial charge < -0.3 is 10.4 Å². The SMILES string of the molecule is Oc1nc(Nc2cccc(Cl)c2Cl)sc1/C=C1/C=Nc2ccccc21. The molecule has 0 saturated heterocycles. The Morgan fingerprint density at radius 3 is 2.80 bits per heavy atom. The van der Waals surface area contributed by atoms with Crippen LogP contribution in [0.5, 0.6) is 5.88 Å². The lowest BCUT2D eigenvalue weighted by molar-refractivity contribution is 0.457. The number of anilines is 2. The van der Waals surface area contributed by atoms with Crippen LogP contribution in [0.4, 0.5) is 16.5 Å². The van der Waals surface area contributed by atoms with Crippen LogP contribution < -0.4 is 5.32 Å². The Morgan fingerprint density at radius 1 is 1.08 bits per heavy atom. The molecule has 1 aliphatic heterocycles. The summed E-state index contributed by atoms with van der Waals surface area (Å²) in [5, 5.41) is 14.6. The van der Waals surface area contributed by atoms with Crippen LogP contribution in [-0.4, -0.2) is 16.3 Å². The normalized spacial score (nSPS) is 14.1. The predicted octanol–water partition coefficient (Wildman–Crippen LogP) is 6.16. The number of fused-ring (bicyclic) bond motifs is 1. The molecule has 2 heterocycles. The number of benzene rings is 2. The Balaban J connectivity index is 1.65. The van der Waals surface area contributed by atoms with E-state index in [2.05, 4.69) is 15.3 Å². The fourth-order valence-electron chi connectivity index (χ4n) is 2.48. The van der Waals surface area contributed by atoms with E-state index in [4.69, 9.17) is 23.2 Å². The first-order chi connectivity index (χ1) is 12.1. The number of halogens is 2. The number of rotatable bonds is 3. The predicted molar refractivity (Wildman–Crippen MR) is 106 cm³/mol. The third-order valence-electron chi connectivity index (χ3n) is 3.67. The molecule has 0 bridgehead atoms. The molecule has 2 aromatic carbocycles. The summed E-state index contributed by atoms with van der Waals surface area (Å²) >= 11 is 13.5. The van der Waals surface area contributed by atoms with Crippen molar-refractivity contribution in [1.29, 1.82) is 0 Å². The minimum Gasteiger partial charge on any atom is -0.492 e. The molecule has 0 amide bonds. The van der Waals surface area contributed by atoms with Crippen molar-refractivity contribution in [2.24, 2.45) is 4.99 Å². The molecule has 0 radical (unpaired) electrons. The van der Waals surface area contributed by atoms with E-state index >= 15 is 0 Å². The van der Waals surface area contributed by atoms with Crippen LogP contribution in [0.3, 0.4) is 0 Å². The van der Waals surface area contributed by atoms with Crippen molar-refractivity contribution in [1.82, 2.24) is 4.98 Å². The Morgan fingerprint density at radius 2 is 1.92 bits per heavy atom. The van der Waals surface area contributed by atoms with Crippen LogP contribution in [0, 0.1) is 0 Å². The zero-order valence-corrected chi connectivity index (χ0v) is 15.0. The molecule has 25 heavy (non-hydrogen) atoms. The average Bonchev–Trinajstić information content (AvgIpc) is 3.16. The van der Waals surface area contributed by atoms with Gasteiger partial charge in [-0.15, -0.1) is 0 Å². The summed E-state index contributed by atoms with van der Waals surface area (Å²) in [6.07, 6.45) is 3.65. The number of hydrogen-bond acceptors (Lipinski definition) is 5. The summed E-state index contributed by atoms with van der Waals surface area (Å²) < 4.78 is 0. The van der Waals surface area contributed by atoms with Gasteiger partial charge in [0, 0.05) is 17.4 Å². The molecule has 0 aliphatic carbocycles. The third-order valence-corrected chi connectivity index (χ3v) is 5.40. The molecule has 1 aromatic heterocycles. The number of aromatic hydroxyl groups is 1. The second kappa shape index (κ2) is 6.52. The smallest absolute Gasteiger partial charge is 0.231 e. The molecule has 1 aliphatic rings. The van der Waals surface area contributed by atoms with Crippen LogP contribution in [0.15, 0.2) is 47.5 Å². The largest absolute Gasteiger partial charge is 0.492 e. The van der Waals surface area contributed by atoms with Gasteiger partial charge in [0.25, 0.3) is 0 Å². The Kier molecular flexibility index (Phi) is 4.21. The molecule has 4 rings (SSSR count). The second-order valence-corrected chi connectivity index (χ2v) is 7.12. The highest BCUT2D eigenvalue weighted by Gasteiger charge is 2.15. The van der Waals surface area contributed by atoms with Gasteiger partial charge in [0.2, 0.25) is 5.88 Å². The van der Waals surface area contributed by atoms with Gasteiger partial charge >= 0.3 is 0 Å². The molecular formula is C18H11Cl2N3OS. The van der Waals surface area contributed by atoms with Gasteiger partial charge in [-0.2, -0.15) is 4.98 Å². The standard InChI is InChI=1S/C18H11Cl2N3OS/c19-12-5-3-7-14(16(12)20)22-18-23-17(24)15(25-18)8-10-9-21-13-6-2-1-4-11(10)13/h1-9,24H,(H,22,23)/b10-8-. The summed E-state index contributed by atoms with van der Waals surface area (Å²) in [6, 6.07) is 13.1. The maximum absolute atomic E-state index is 10.2. The van der Waals surface area contributed by atoms with E-state index in [1.54, 1.807) is 24.4 Å². The highest BCUT2D eigenvalue weighted by Crippen LogP contribution is 2.38. The molecule has 2 N–H and O–H groups in total. The van der Waals surface area contributed by atoms with Crippen LogP contribution in [-0.2, 0) is 0 Å². The number of nitrogens with zero attached hydrogens (tertiary/aromatic N) is 2.